The first-order valence-corrected chi connectivity index (χ1v) is 31.4. The first-order valence-electron chi connectivity index (χ1n) is 30.5. The molecular weight excluding hydrogens is 1180 g/mol. The summed E-state index contributed by atoms with van der Waals surface area (Å²) in [5.41, 5.74) is 3.84. The number of hydrogen-bond acceptors (Lipinski definition) is 14. The first kappa shape index (κ1) is 64.9. The highest BCUT2D eigenvalue weighted by Crippen LogP contribution is 2.39. The lowest BCUT2D eigenvalue weighted by Crippen LogP contribution is -2.59. The largest absolute Gasteiger partial charge is 0.417 e. The standard InChI is InChI=1S/C66H77F5N12O6S/c1-38-33-82(34-39(2)78(38)8)55-30-53(68)51(29-54(55)76-61(87)50-19-18-47(67)27-52(50)66(69,70)71)46-31-72-64(73-32-46)80-23-21-79(22-24-80)57(85)26-42-11-9-13-48(25-42)81-20-10-12-45(35-81)60(86)77-59(65(5,6)7)63(89)83-36-49(84)28-56(83)62(88)75-40(3)43-14-16-44(17-15-43)58-41(4)74-37-90-58/h9,11,13-19,25,27,29-32,37-40,45,49,56,59,84H,10,12,20-24,26,28,33-36H2,1-8H3,(H,75,88)(H,76,87)(H,77,86)/t38-,39+,40-,45?,49+,56-,59+/m0/s1. The second-order valence-electron chi connectivity index (χ2n) is 25.4. The molecule has 0 bridgehead atoms. The molecule has 4 saturated heterocycles. The molecule has 6 heterocycles. The summed E-state index contributed by atoms with van der Waals surface area (Å²) in [6, 6.07) is 17.7. The number of piperidine rings is 1. The number of nitrogens with zero attached hydrogens (tertiary/aromatic N) is 9. The van der Waals surface area contributed by atoms with E-state index in [1.807, 2.05) is 114 Å². The maximum atomic E-state index is 16.3. The second kappa shape index (κ2) is 26.8. The van der Waals surface area contributed by atoms with Gasteiger partial charge in [0, 0.05) is 107 Å². The molecule has 5 amide bonds. The summed E-state index contributed by atoms with van der Waals surface area (Å²) in [5.74, 6) is -4.31. The Morgan fingerprint density at radius 3 is 2.13 bits per heavy atom. The van der Waals surface area contributed by atoms with Crippen LogP contribution in [0.25, 0.3) is 21.6 Å². The van der Waals surface area contributed by atoms with Gasteiger partial charge in [0.15, 0.2) is 0 Å². The molecule has 4 fully saturated rings. The highest BCUT2D eigenvalue weighted by Gasteiger charge is 2.46. The number of carbonyl (C=O) groups is 5. The van der Waals surface area contributed by atoms with Crippen LogP contribution in [0.3, 0.4) is 0 Å². The first-order chi connectivity index (χ1) is 42.7. The zero-order chi connectivity index (χ0) is 64.5. The number of anilines is 4. The molecule has 4 aliphatic rings. The number of alkyl halides is 3. The third-order valence-electron chi connectivity index (χ3n) is 17.9. The highest BCUT2D eigenvalue weighted by atomic mass is 32.1. The Morgan fingerprint density at radius 2 is 1.48 bits per heavy atom. The van der Waals surface area contributed by atoms with Gasteiger partial charge in [-0.05, 0) is 112 Å². The number of likely N-dealkylation sites (tertiary alicyclic amines) is 1. The lowest BCUT2D eigenvalue weighted by Gasteiger charge is -2.44. The SMILES string of the molecule is Cc1ncsc1-c1ccc([C@H](C)NC(=O)[C@@H]2C[C@@H](O)CN2C(=O)[C@@H](NC(=O)C2CCCN(c3cccc(CC(=O)N4CCN(c5ncc(-c6cc(NC(=O)c7ccc(F)cc7C(F)(F)F)c(N7C[C@@H](C)N(C)[C@@H](C)C7)cc6F)cn5)CC4)c3)C2)C(C)(C)C)cc1. The molecule has 1 unspecified atom stereocenters. The number of aromatic nitrogens is 3. The predicted molar refractivity (Wildman–Crippen MR) is 336 cm³/mol. The van der Waals surface area contributed by atoms with Gasteiger partial charge in [0.1, 0.15) is 23.7 Å². The second-order valence-corrected chi connectivity index (χ2v) is 26.2. The molecule has 90 heavy (non-hydrogen) atoms. The van der Waals surface area contributed by atoms with Gasteiger partial charge in [0.2, 0.25) is 29.6 Å². The van der Waals surface area contributed by atoms with E-state index in [1.165, 1.54) is 29.4 Å². The Balaban J connectivity index is 0.741. The van der Waals surface area contributed by atoms with Crippen LogP contribution in [-0.2, 0) is 31.8 Å². The van der Waals surface area contributed by atoms with Crippen molar-refractivity contribution in [2.75, 3.05) is 86.0 Å². The molecule has 24 heteroatoms. The summed E-state index contributed by atoms with van der Waals surface area (Å²) in [4.78, 5) is 96.0. The smallest absolute Gasteiger partial charge is 0.391 e. The van der Waals surface area contributed by atoms with E-state index in [1.54, 1.807) is 21.7 Å². The quantitative estimate of drug-likeness (QED) is 0.0711. The fraction of sp³-hybridized carbons (Fsp3) is 0.455. The van der Waals surface area contributed by atoms with E-state index in [0.717, 1.165) is 45.1 Å². The summed E-state index contributed by atoms with van der Waals surface area (Å²) >= 11 is 1.56. The Hall–Kier alpha value is -8.09. The van der Waals surface area contributed by atoms with E-state index in [4.69, 9.17) is 0 Å². The maximum absolute atomic E-state index is 16.3. The number of hydrogen-bond donors (Lipinski definition) is 4. The molecular formula is C66H77F5N12O6S. The fourth-order valence-electron chi connectivity index (χ4n) is 12.5. The van der Waals surface area contributed by atoms with Gasteiger partial charge in [-0.15, -0.1) is 11.3 Å². The van der Waals surface area contributed by atoms with Gasteiger partial charge < -0.3 is 45.6 Å². The number of benzene rings is 4. The predicted octanol–water partition coefficient (Wildman–Crippen LogP) is 9.13. The number of aliphatic hydroxyl groups is 1. The molecule has 4 N–H and O–H groups in total. The van der Waals surface area contributed by atoms with Gasteiger partial charge in [-0.1, -0.05) is 57.2 Å². The van der Waals surface area contributed by atoms with E-state index >= 15 is 4.39 Å². The summed E-state index contributed by atoms with van der Waals surface area (Å²) in [5, 5.41) is 19.6. The zero-order valence-corrected chi connectivity index (χ0v) is 52.6. The number of aryl methyl sites for hydroxylation is 1. The van der Waals surface area contributed by atoms with Crippen LogP contribution in [0.5, 0.6) is 0 Å². The van der Waals surface area contributed by atoms with Crippen LogP contribution in [-0.4, -0.2) is 161 Å². The van der Waals surface area contributed by atoms with E-state index in [0.29, 0.717) is 71.1 Å². The van der Waals surface area contributed by atoms with Gasteiger partial charge in [-0.2, -0.15) is 13.2 Å². The van der Waals surface area contributed by atoms with Crippen LogP contribution >= 0.6 is 11.3 Å². The van der Waals surface area contributed by atoms with E-state index in [2.05, 4.69) is 40.7 Å². The maximum Gasteiger partial charge on any atom is 0.417 e. The number of piperazine rings is 2. The number of thiazole rings is 1. The number of rotatable bonds is 15. The summed E-state index contributed by atoms with van der Waals surface area (Å²) < 4.78 is 72.5. The molecule has 2 aromatic heterocycles. The van der Waals surface area contributed by atoms with Crippen LogP contribution in [0.2, 0.25) is 0 Å². The van der Waals surface area contributed by atoms with Crippen molar-refractivity contribution in [3.63, 3.8) is 0 Å². The van der Waals surface area contributed by atoms with Gasteiger partial charge in [-0.3, -0.25) is 28.9 Å². The molecule has 4 aromatic carbocycles. The molecule has 0 radical (unpaired) electrons. The third-order valence-corrected chi connectivity index (χ3v) is 18.9. The minimum atomic E-state index is -5.03. The number of nitrogens with one attached hydrogen (secondary N) is 3. The van der Waals surface area contributed by atoms with E-state index in [-0.39, 0.29) is 83.8 Å². The number of amides is 5. The van der Waals surface area contributed by atoms with Crippen LogP contribution in [0, 0.1) is 29.9 Å². The minimum Gasteiger partial charge on any atom is -0.391 e. The molecule has 18 nitrogen and oxygen atoms in total. The monoisotopic (exact) mass is 1260 g/mol. The lowest BCUT2D eigenvalue weighted by atomic mass is 9.84. The van der Waals surface area contributed by atoms with Crippen molar-refractivity contribution in [1.82, 2.24) is 40.3 Å². The Labute approximate surface area is 524 Å². The molecule has 6 aromatic rings. The normalized spacial score (nSPS) is 20.8. The summed E-state index contributed by atoms with van der Waals surface area (Å²) in [6.45, 7) is 16.8. The molecule has 0 aliphatic carbocycles. The number of aliphatic hydroxyl groups excluding tert-OH is 1. The highest BCUT2D eigenvalue weighted by molar-refractivity contribution is 7.13. The van der Waals surface area contributed by atoms with Crippen molar-refractivity contribution in [2.45, 2.75) is 117 Å². The van der Waals surface area contributed by atoms with Gasteiger partial charge in [0.05, 0.1) is 63.1 Å². The number of halogens is 5. The molecule has 7 atom stereocenters. The number of β-amino-alcohol motifs (C(OH)–C–C–N with tert-alkyl or cyclic N) is 1. The topological polar surface area (TPSA) is 200 Å². The van der Waals surface area contributed by atoms with Crippen molar-refractivity contribution in [3.05, 3.63) is 136 Å². The van der Waals surface area contributed by atoms with Crippen LogP contribution in [0.1, 0.15) is 99.6 Å². The summed E-state index contributed by atoms with van der Waals surface area (Å²) in [6.07, 6.45) is -1.62. The average Bonchev–Trinajstić information content (AvgIpc) is 1.09. The lowest BCUT2D eigenvalue weighted by molar-refractivity contribution is -0.144. The van der Waals surface area contributed by atoms with Crippen molar-refractivity contribution in [1.29, 1.82) is 0 Å². The minimum absolute atomic E-state index is 0.0110. The van der Waals surface area contributed by atoms with Gasteiger partial charge in [0.25, 0.3) is 5.91 Å². The Bertz CT molecular complexity index is 3600. The molecule has 0 spiro atoms. The van der Waals surface area contributed by atoms with E-state index in [9.17, 15) is 46.6 Å². The van der Waals surface area contributed by atoms with Gasteiger partial charge in [-0.25, -0.2) is 23.7 Å². The van der Waals surface area contributed by atoms with E-state index < -0.39 is 70.3 Å². The number of carbonyl (C=O) groups excluding carboxylic acids is 5. The van der Waals surface area contributed by atoms with Crippen molar-refractivity contribution in [3.8, 4) is 21.6 Å². The molecule has 478 valence electrons. The van der Waals surface area contributed by atoms with Crippen LogP contribution in [0.15, 0.2) is 96.8 Å². The average molecular weight is 1260 g/mol. The zero-order valence-electron chi connectivity index (χ0n) is 51.8. The third kappa shape index (κ3) is 14.6. The fourth-order valence-corrected chi connectivity index (χ4v) is 13.3. The van der Waals surface area contributed by atoms with Gasteiger partial charge >= 0.3 is 6.18 Å². The van der Waals surface area contributed by atoms with Crippen molar-refractivity contribution in [2.24, 2.45) is 11.3 Å². The Kier molecular flexibility index (Phi) is 19.3. The van der Waals surface area contributed by atoms with Crippen molar-refractivity contribution < 1.29 is 51.0 Å². The molecule has 0 saturated carbocycles. The molecule has 4 aliphatic heterocycles. The number of likely N-dealkylation sites (N-methyl/N-ethyl adjacent to an activating group) is 1. The molecule has 10 rings (SSSR count). The summed E-state index contributed by atoms with van der Waals surface area (Å²) in [7, 11) is 1.96. The van der Waals surface area contributed by atoms with Crippen molar-refractivity contribution >= 4 is 63.9 Å². The Morgan fingerprint density at radius 1 is 0.778 bits per heavy atom. The van der Waals surface area contributed by atoms with Crippen LogP contribution < -0.4 is 30.7 Å². The van der Waals surface area contributed by atoms with Crippen LogP contribution in [0.4, 0.5) is 45.0 Å².